The molecular weight excluding hydrogens is 264 g/mol. The zero-order valence-corrected chi connectivity index (χ0v) is 10.9. The molecule has 1 unspecified atom stereocenters. The zero-order valence-electron chi connectivity index (χ0n) is 10.9. The summed E-state index contributed by atoms with van der Waals surface area (Å²) in [5, 5.41) is 12.4. The molecule has 2 rings (SSSR count). The number of methoxy groups -OCH3 is 1. The van der Waals surface area contributed by atoms with E-state index in [4.69, 9.17) is 4.74 Å². The predicted octanol–water partition coefficient (Wildman–Crippen LogP) is 3.12. The highest BCUT2D eigenvalue weighted by atomic mass is 19.1. The van der Waals surface area contributed by atoms with Crippen molar-refractivity contribution in [1.82, 2.24) is 0 Å². The lowest BCUT2D eigenvalue weighted by atomic mass is 10.1. The molecule has 0 spiro atoms. The lowest BCUT2D eigenvalue weighted by Gasteiger charge is -2.18. The minimum atomic E-state index is -0.671. The van der Waals surface area contributed by atoms with Crippen LogP contribution in [-0.4, -0.2) is 18.8 Å². The molecule has 0 aliphatic carbocycles. The van der Waals surface area contributed by atoms with Gasteiger partial charge in [-0.3, -0.25) is 0 Å². The van der Waals surface area contributed by atoms with Gasteiger partial charge >= 0.3 is 0 Å². The van der Waals surface area contributed by atoms with E-state index < -0.39 is 17.7 Å². The fourth-order valence-corrected chi connectivity index (χ4v) is 1.90. The molecule has 0 aromatic heterocycles. The maximum Gasteiger partial charge on any atom is 0.126 e. The SMILES string of the molecule is COc1ccc(NC(CO)c2cc(F)cc(F)c2)cc1. The molecule has 0 heterocycles. The number of hydrogen-bond donors (Lipinski definition) is 2. The van der Waals surface area contributed by atoms with Gasteiger partial charge in [0.25, 0.3) is 0 Å². The predicted molar refractivity (Wildman–Crippen MR) is 72.8 cm³/mol. The lowest BCUT2D eigenvalue weighted by Crippen LogP contribution is -2.15. The number of nitrogens with one attached hydrogen (secondary N) is 1. The number of aliphatic hydroxyl groups excluding tert-OH is 1. The van der Waals surface area contributed by atoms with Crippen LogP contribution in [-0.2, 0) is 0 Å². The van der Waals surface area contributed by atoms with Crippen LogP contribution in [0.4, 0.5) is 14.5 Å². The number of benzene rings is 2. The quantitative estimate of drug-likeness (QED) is 0.883. The third-order valence-corrected chi connectivity index (χ3v) is 2.90. The number of anilines is 1. The van der Waals surface area contributed by atoms with Crippen molar-refractivity contribution in [2.24, 2.45) is 0 Å². The molecule has 1 atom stereocenters. The lowest BCUT2D eigenvalue weighted by molar-refractivity contribution is 0.276. The van der Waals surface area contributed by atoms with Crippen molar-refractivity contribution in [2.75, 3.05) is 19.0 Å². The van der Waals surface area contributed by atoms with E-state index in [1.807, 2.05) is 0 Å². The van der Waals surface area contributed by atoms with Crippen molar-refractivity contribution in [1.29, 1.82) is 0 Å². The van der Waals surface area contributed by atoms with E-state index in [0.717, 1.165) is 11.8 Å². The number of ether oxygens (including phenoxy) is 1. The second-order valence-corrected chi connectivity index (χ2v) is 4.31. The van der Waals surface area contributed by atoms with Gasteiger partial charge in [-0.15, -0.1) is 0 Å². The fourth-order valence-electron chi connectivity index (χ4n) is 1.90. The van der Waals surface area contributed by atoms with E-state index in [9.17, 15) is 13.9 Å². The van der Waals surface area contributed by atoms with Gasteiger partial charge in [0.15, 0.2) is 0 Å². The molecular formula is C15H15F2NO2. The molecule has 0 radical (unpaired) electrons. The Kier molecular flexibility index (Phi) is 4.53. The molecule has 2 aromatic carbocycles. The summed E-state index contributed by atoms with van der Waals surface area (Å²) >= 11 is 0. The first-order valence-corrected chi connectivity index (χ1v) is 6.10. The van der Waals surface area contributed by atoms with Crippen molar-refractivity contribution >= 4 is 5.69 Å². The Morgan fingerprint density at radius 1 is 1.10 bits per heavy atom. The minimum Gasteiger partial charge on any atom is -0.497 e. The third-order valence-electron chi connectivity index (χ3n) is 2.90. The molecule has 0 bridgehead atoms. The highest BCUT2D eigenvalue weighted by Crippen LogP contribution is 2.22. The minimum absolute atomic E-state index is 0.283. The largest absolute Gasteiger partial charge is 0.497 e. The maximum absolute atomic E-state index is 13.2. The van der Waals surface area contributed by atoms with E-state index >= 15 is 0 Å². The highest BCUT2D eigenvalue weighted by Gasteiger charge is 2.12. The van der Waals surface area contributed by atoms with Crippen LogP contribution >= 0.6 is 0 Å². The Bertz CT molecular complexity index is 552. The average molecular weight is 279 g/mol. The molecule has 0 amide bonds. The van der Waals surface area contributed by atoms with Gasteiger partial charge in [-0.25, -0.2) is 8.78 Å². The van der Waals surface area contributed by atoms with Crippen molar-refractivity contribution in [3.05, 3.63) is 59.7 Å². The van der Waals surface area contributed by atoms with Crippen molar-refractivity contribution in [3.63, 3.8) is 0 Å². The second kappa shape index (κ2) is 6.34. The van der Waals surface area contributed by atoms with Crippen LogP contribution in [0, 0.1) is 11.6 Å². The van der Waals surface area contributed by atoms with Crippen molar-refractivity contribution < 1.29 is 18.6 Å². The van der Waals surface area contributed by atoms with Crippen LogP contribution in [0.1, 0.15) is 11.6 Å². The first-order chi connectivity index (χ1) is 9.62. The van der Waals surface area contributed by atoms with Gasteiger partial charge in [-0.2, -0.15) is 0 Å². The normalized spacial score (nSPS) is 12.0. The summed E-state index contributed by atoms with van der Waals surface area (Å²) in [7, 11) is 1.56. The molecule has 2 aromatic rings. The molecule has 106 valence electrons. The van der Waals surface area contributed by atoms with Crippen molar-refractivity contribution in [2.45, 2.75) is 6.04 Å². The summed E-state index contributed by atoms with van der Waals surface area (Å²) < 4.78 is 31.4. The molecule has 0 aliphatic rings. The first-order valence-electron chi connectivity index (χ1n) is 6.10. The first kappa shape index (κ1) is 14.3. The molecule has 2 N–H and O–H groups in total. The zero-order chi connectivity index (χ0) is 14.5. The van der Waals surface area contributed by atoms with E-state index in [0.29, 0.717) is 11.3 Å². The Morgan fingerprint density at radius 3 is 2.20 bits per heavy atom. The summed E-state index contributed by atoms with van der Waals surface area (Å²) in [6, 6.07) is 9.63. The van der Waals surface area contributed by atoms with Gasteiger partial charge in [-0.05, 0) is 42.0 Å². The highest BCUT2D eigenvalue weighted by molar-refractivity contribution is 5.48. The summed E-state index contributed by atoms with van der Waals surface area (Å²) in [5.41, 5.74) is 1.07. The van der Waals surface area contributed by atoms with E-state index in [1.54, 1.807) is 31.4 Å². The summed E-state index contributed by atoms with van der Waals surface area (Å²) in [6.07, 6.45) is 0. The number of hydrogen-bond acceptors (Lipinski definition) is 3. The van der Waals surface area contributed by atoms with E-state index in [-0.39, 0.29) is 6.61 Å². The number of aliphatic hydroxyl groups is 1. The molecule has 0 saturated heterocycles. The van der Waals surface area contributed by atoms with E-state index in [1.165, 1.54) is 12.1 Å². The molecule has 3 nitrogen and oxygen atoms in total. The van der Waals surface area contributed by atoms with Gasteiger partial charge in [-0.1, -0.05) is 0 Å². The van der Waals surface area contributed by atoms with Gasteiger partial charge in [0.1, 0.15) is 17.4 Å². The van der Waals surface area contributed by atoms with Gasteiger partial charge in [0.2, 0.25) is 0 Å². The standard InChI is InChI=1S/C15H15F2NO2/c1-20-14-4-2-13(3-5-14)18-15(9-19)10-6-11(16)8-12(17)7-10/h2-8,15,18-19H,9H2,1H3. The summed E-state index contributed by atoms with van der Waals surface area (Å²) in [4.78, 5) is 0. The van der Waals surface area contributed by atoms with Crippen LogP contribution in [0.3, 0.4) is 0 Å². The Morgan fingerprint density at radius 2 is 1.70 bits per heavy atom. The second-order valence-electron chi connectivity index (χ2n) is 4.31. The van der Waals surface area contributed by atoms with Crippen LogP contribution in [0.5, 0.6) is 5.75 Å². The topological polar surface area (TPSA) is 41.5 Å². The van der Waals surface area contributed by atoms with Gasteiger partial charge in [0, 0.05) is 11.8 Å². The maximum atomic E-state index is 13.2. The fraction of sp³-hybridized carbons (Fsp3) is 0.200. The molecule has 0 aliphatic heterocycles. The number of rotatable bonds is 5. The molecule has 5 heteroatoms. The van der Waals surface area contributed by atoms with Crippen LogP contribution < -0.4 is 10.1 Å². The van der Waals surface area contributed by atoms with Crippen LogP contribution in [0.25, 0.3) is 0 Å². The summed E-state index contributed by atoms with van der Waals surface area (Å²) in [5.74, 6) is -0.641. The Hall–Kier alpha value is -2.14. The molecule has 20 heavy (non-hydrogen) atoms. The molecule has 0 saturated carbocycles. The Balaban J connectivity index is 2.19. The van der Waals surface area contributed by atoms with Crippen molar-refractivity contribution in [3.8, 4) is 5.75 Å². The third kappa shape index (κ3) is 3.45. The molecule has 0 fully saturated rings. The van der Waals surface area contributed by atoms with Crippen LogP contribution in [0.15, 0.2) is 42.5 Å². The average Bonchev–Trinajstić information content (AvgIpc) is 2.44. The summed E-state index contributed by atoms with van der Waals surface area (Å²) in [6.45, 7) is -0.283. The smallest absolute Gasteiger partial charge is 0.126 e. The monoisotopic (exact) mass is 279 g/mol. The Labute approximate surface area is 115 Å². The van der Waals surface area contributed by atoms with Gasteiger partial charge < -0.3 is 15.2 Å². The van der Waals surface area contributed by atoms with Gasteiger partial charge in [0.05, 0.1) is 19.8 Å². The van der Waals surface area contributed by atoms with E-state index in [2.05, 4.69) is 5.32 Å². The van der Waals surface area contributed by atoms with Crippen LogP contribution in [0.2, 0.25) is 0 Å². The number of halogens is 2.